The van der Waals surface area contributed by atoms with Crippen LogP contribution in [-0.4, -0.2) is 65.5 Å². The van der Waals surface area contributed by atoms with Crippen LogP contribution in [0.25, 0.3) is 0 Å². The second-order valence-electron chi connectivity index (χ2n) is 5.17. The quantitative estimate of drug-likeness (QED) is 0.729. The Morgan fingerprint density at radius 2 is 1.68 bits per heavy atom. The second-order valence-corrected chi connectivity index (χ2v) is 7.10. The van der Waals surface area contributed by atoms with Crippen LogP contribution < -0.4 is 0 Å². The van der Waals surface area contributed by atoms with Gasteiger partial charge in [-0.15, -0.1) is 0 Å². The van der Waals surface area contributed by atoms with Crippen molar-refractivity contribution in [3.8, 4) is 0 Å². The molecule has 0 aromatic heterocycles. The van der Waals surface area contributed by atoms with Crippen LogP contribution in [0.5, 0.6) is 0 Å². The van der Waals surface area contributed by atoms with Crippen molar-refractivity contribution < 1.29 is 23.4 Å². The third-order valence-electron chi connectivity index (χ3n) is 3.81. The second kappa shape index (κ2) is 5.74. The van der Waals surface area contributed by atoms with Gasteiger partial charge in [0.2, 0.25) is 0 Å². The lowest BCUT2D eigenvalue weighted by atomic mass is 10.0. The maximum atomic E-state index is 12.4. The molecule has 0 spiro atoms. The van der Waals surface area contributed by atoms with Gasteiger partial charge >= 0.3 is 5.97 Å². The van der Waals surface area contributed by atoms with Crippen molar-refractivity contribution in [1.82, 2.24) is 8.61 Å². The first-order chi connectivity index (χ1) is 8.91. The van der Waals surface area contributed by atoms with E-state index in [-0.39, 0.29) is 6.54 Å². The summed E-state index contributed by atoms with van der Waals surface area (Å²) in [5.74, 6) is -1.55. The molecule has 0 amide bonds. The number of carboxylic acid groups (broad SMARTS) is 1. The van der Waals surface area contributed by atoms with Gasteiger partial charge in [-0.25, -0.2) is 0 Å². The highest BCUT2D eigenvalue weighted by Crippen LogP contribution is 2.23. The van der Waals surface area contributed by atoms with Gasteiger partial charge < -0.3 is 10.2 Å². The van der Waals surface area contributed by atoms with Crippen molar-refractivity contribution in [2.24, 2.45) is 5.92 Å². The predicted molar refractivity (Wildman–Crippen MR) is 67.7 cm³/mol. The Morgan fingerprint density at radius 1 is 1.05 bits per heavy atom. The SMILES string of the molecule is O=C(O)C1CCCN(S(=O)(=O)N2CCC(O)CC2)C1. The number of aliphatic carboxylic acids is 1. The average molecular weight is 292 g/mol. The number of nitrogens with zero attached hydrogens (tertiary/aromatic N) is 2. The van der Waals surface area contributed by atoms with Crippen LogP contribution in [0.1, 0.15) is 25.7 Å². The van der Waals surface area contributed by atoms with Crippen LogP contribution in [-0.2, 0) is 15.0 Å². The number of aliphatic hydroxyl groups excluding tert-OH is 1. The molecule has 2 aliphatic heterocycles. The lowest BCUT2D eigenvalue weighted by Gasteiger charge is -2.36. The highest BCUT2D eigenvalue weighted by Gasteiger charge is 2.37. The predicted octanol–water partition coefficient (Wildman–Crippen LogP) is -0.515. The molecule has 2 aliphatic rings. The normalized spacial score (nSPS) is 28.4. The molecule has 7 nitrogen and oxygen atoms in total. The van der Waals surface area contributed by atoms with Crippen molar-refractivity contribution in [2.75, 3.05) is 26.2 Å². The molecule has 2 heterocycles. The summed E-state index contributed by atoms with van der Waals surface area (Å²) in [7, 11) is -3.58. The zero-order valence-corrected chi connectivity index (χ0v) is 11.5. The number of aliphatic hydroxyl groups is 1. The van der Waals surface area contributed by atoms with E-state index < -0.39 is 28.2 Å². The van der Waals surface area contributed by atoms with Crippen molar-refractivity contribution in [3.63, 3.8) is 0 Å². The van der Waals surface area contributed by atoms with E-state index in [0.29, 0.717) is 45.3 Å². The maximum Gasteiger partial charge on any atom is 0.307 e. The van der Waals surface area contributed by atoms with Gasteiger partial charge in [-0.05, 0) is 25.7 Å². The zero-order valence-electron chi connectivity index (χ0n) is 10.7. The van der Waals surface area contributed by atoms with E-state index in [1.807, 2.05) is 0 Å². The minimum atomic E-state index is -3.58. The van der Waals surface area contributed by atoms with Crippen molar-refractivity contribution in [1.29, 1.82) is 0 Å². The summed E-state index contributed by atoms with van der Waals surface area (Å²) < 4.78 is 27.4. The molecule has 0 bridgehead atoms. The Balaban J connectivity index is 2.04. The Kier molecular flexibility index (Phi) is 4.44. The van der Waals surface area contributed by atoms with Crippen molar-refractivity contribution in [3.05, 3.63) is 0 Å². The number of carbonyl (C=O) groups is 1. The fourth-order valence-electron chi connectivity index (χ4n) is 2.59. The molecule has 0 aliphatic carbocycles. The summed E-state index contributed by atoms with van der Waals surface area (Å²) in [5.41, 5.74) is 0. The van der Waals surface area contributed by atoms with Crippen LogP contribution in [0.2, 0.25) is 0 Å². The molecule has 1 atom stereocenters. The zero-order chi connectivity index (χ0) is 14.0. The lowest BCUT2D eigenvalue weighted by molar-refractivity contribution is -0.142. The van der Waals surface area contributed by atoms with Crippen molar-refractivity contribution >= 4 is 16.2 Å². The standard InChI is InChI=1S/C11H20N2O5S/c14-10-3-6-12(7-4-10)19(17,18)13-5-1-2-9(8-13)11(15)16/h9-10,14H,1-8H2,(H,15,16). The molecule has 2 rings (SSSR count). The van der Waals surface area contributed by atoms with E-state index in [9.17, 15) is 18.3 Å². The van der Waals surface area contributed by atoms with E-state index in [1.165, 1.54) is 8.61 Å². The number of piperidine rings is 2. The molecule has 110 valence electrons. The topological polar surface area (TPSA) is 98.2 Å². The van der Waals surface area contributed by atoms with Crippen LogP contribution in [0.3, 0.4) is 0 Å². The third-order valence-corrected chi connectivity index (χ3v) is 5.81. The summed E-state index contributed by atoms with van der Waals surface area (Å²) >= 11 is 0. The maximum absolute atomic E-state index is 12.4. The fourth-order valence-corrected chi connectivity index (χ4v) is 4.32. The summed E-state index contributed by atoms with van der Waals surface area (Å²) in [4.78, 5) is 11.0. The molecule has 19 heavy (non-hydrogen) atoms. The largest absolute Gasteiger partial charge is 0.481 e. The minimum absolute atomic E-state index is 0.0523. The first-order valence-electron chi connectivity index (χ1n) is 6.57. The summed E-state index contributed by atoms with van der Waals surface area (Å²) in [6.45, 7) is 1.04. The monoisotopic (exact) mass is 292 g/mol. The molecule has 2 fully saturated rings. The third kappa shape index (κ3) is 3.25. The van der Waals surface area contributed by atoms with Crippen LogP contribution in [0.15, 0.2) is 0 Å². The van der Waals surface area contributed by atoms with Crippen LogP contribution in [0, 0.1) is 5.92 Å². The van der Waals surface area contributed by atoms with E-state index in [2.05, 4.69) is 0 Å². The number of rotatable bonds is 3. The molecule has 1 unspecified atom stereocenters. The van der Waals surface area contributed by atoms with E-state index in [1.54, 1.807) is 0 Å². The molecular formula is C11H20N2O5S. The van der Waals surface area contributed by atoms with Crippen LogP contribution in [0.4, 0.5) is 0 Å². The number of hydrogen-bond acceptors (Lipinski definition) is 4. The van der Waals surface area contributed by atoms with Gasteiger partial charge in [0.05, 0.1) is 12.0 Å². The molecular weight excluding hydrogens is 272 g/mol. The van der Waals surface area contributed by atoms with E-state index >= 15 is 0 Å². The first-order valence-corrected chi connectivity index (χ1v) is 7.97. The van der Waals surface area contributed by atoms with E-state index in [4.69, 9.17) is 5.11 Å². The Morgan fingerprint density at radius 3 is 2.26 bits per heavy atom. The molecule has 2 N–H and O–H groups in total. The fraction of sp³-hybridized carbons (Fsp3) is 0.909. The molecule has 8 heteroatoms. The summed E-state index contributed by atoms with van der Waals surface area (Å²) in [5, 5.41) is 18.4. The smallest absolute Gasteiger partial charge is 0.307 e. The highest BCUT2D eigenvalue weighted by molar-refractivity contribution is 7.86. The Labute approximate surface area is 113 Å². The summed E-state index contributed by atoms with van der Waals surface area (Å²) in [6.07, 6.45) is 1.55. The van der Waals surface area contributed by atoms with Crippen LogP contribution >= 0.6 is 0 Å². The lowest BCUT2D eigenvalue weighted by Crippen LogP contribution is -2.51. The first kappa shape index (κ1) is 14.7. The van der Waals surface area contributed by atoms with Gasteiger partial charge in [-0.2, -0.15) is 17.0 Å². The van der Waals surface area contributed by atoms with Gasteiger partial charge in [0.25, 0.3) is 10.2 Å². The van der Waals surface area contributed by atoms with Gasteiger partial charge in [0.15, 0.2) is 0 Å². The molecule has 0 radical (unpaired) electrons. The summed E-state index contributed by atoms with van der Waals surface area (Å²) in [6, 6.07) is 0. The molecule has 0 saturated carbocycles. The average Bonchev–Trinajstić information content (AvgIpc) is 2.39. The Hall–Kier alpha value is -0.700. The minimum Gasteiger partial charge on any atom is -0.481 e. The number of hydrogen-bond donors (Lipinski definition) is 2. The highest BCUT2D eigenvalue weighted by atomic mass is 32.2. The van der Waals surface area contributed by atoms with Gasteiger partial charge in [0.1, 0.15) is 0 Å². The van der Waals surface area contributed by atoms with Gasteiger partial charge in [0, 0.05) is 26.2 Å². The Bertz CT molecular complexity index is 430. The van der Waals surface area contributed by atoms with Crippen molar-refractivity contribution in [2.45, 2.75) is 31.8 Å². The van der Waals surface area contributed by atoms with Gasteiger partial charge in [-0.1, -0.05) is 0 Å². The molecule has 0 aromatic carbocycles. The van der Waals surface area contributed by atoms with E-state index in [0.717, 1.165) is 0 Å². The molecule has 0 aromatic rings. The molecule has 2 saturated heterocycles. The number of carboxylic acids is 1. The van der Waals surface area contributed by atoms with Gasteiger partial charge in [-0.3, -0.25) is 4.79 Å².